The number of carbonyl (C=O) groups excluding carboxylic acids is 1. The second kappa shape index (κ2) is 9.58. The summed E-state index contributed by atoms with van der Waals surface area (Å²) < 4.78 is 5.97. The molecule has 4 saturated carbocycles. The molecule has 0 bridgehead atoms. The SMILES string of the molecule is CC(=O)OC1CC2C(CC(O)C3(C)C(C(C)CCC(C)C(C)(C)O)CCC23)C2(C)CCC(O)CC12. The highest BCUT2D eigenvalue weighted by molar-refractivity contribution is 5.66. The quantitative estimate of drug-likeness (QED) is 0.436. The van der Waals surface area contributed by atoms with E-state index in [1.54, 1.807) is 0 Å². The molecule has 5 heteroatoms. The molecule has 12 atom stereocenters. The van der Waals surface area contributed by atoms with Gasteiger partial charge in [-0.15, -0.1) is 0 Å². The van der Waals surface area contributed by atoms with Crippen molar-refractivity contribution in [2.24, 2.45) is 52.3 Å². The second-order valence-corrected chi connectivity index (χ2v) is 14.2. The van der Waals surface area contributed by atoms with E-state index >= 15 is 0 Å². The first-order valence-electron chi connectivity index (χ1n) is 14.4. The predicted octanol–water partition coefficient (Wildman–Crippen LogP) is 5.34. The molecule has 0 saturated heterocycles. The highest BCUT2D eigenvalue weighted by Gasteiger charge is 2.65. The smallest absolute Gasteiger partial charge is 0.302 e. The van der Waals surface area contributed by atoms with Crippen molar-refractivity contribution in [3.05, 3.63) is 0 Å². The molecule has 0 heterocycles. The van der Waals surface area contributed by atoms with E-state index < -0.39 is 5.60 Å². The first kappa shape index (κ1) is 27.4. The van der Waals surface area contributed by atoms with Gasteiger partial charge in [-0.3, -0.25) is 4.79 Å². The number of ether oxygens (including phenoxy) is 1. The van der Waals surface area contributed by atoms with Crippen molar-refractivity contribution < 1.29 is 24.9 Å². The maximum Gasteiger partial charge on any atom is 0.302 e. The van der Waals surface area contributed by atoms with Crippen LogP contribution in [0.5, 0.6) is 0 Å². The molecule has 4 aliphatic carbocycles. The maximum absolute atomic E-state index is 12.1. The van der Waals surface area contributed by atoms with Gasteiger partial charge in [0.25, 0.3) is 0 Å². The van der Waals surface area contributed by atoms with Gasteiger partial charge in [0.15, 0.2) is 0 Å². The van der Waals surface area contributed by atoms with E-state index in [0.717, 1.165) is 51.4 Å². The molecule has 4 fully saturated rings. The van der Waals surface area contributed by atoms with Gasteiger partial charge in [-0.2, -0.15) is 0 Å². The molecule has 0 spiro atoms. The topological polar surface area (TPSA) is 87.0 Å². The van der Waals surface area contributed by atoms with Crippen LogP contribution in [-0.4, -0.2) is 45.2 Å². The van der Waals surface area contributed by atoms with Crippen LogP contribution >= 0.6 is 0 Å². The fourth-order valence-electron chi connectivity index (χ4n) is 9.58. The molecule has 35 heavy (non-hydrogen) atoms. The number of aliphatic hydroxyl groups is 3. The molecule has 5 nitrogen and oxygen atoms in total. The first-order chi connectivity index (χ1) is 16.2. The summed E-state index contributed by atoms with van der Waals surface area (Å²) in [6, 6.07) is 0. The Hall–Kier alpha value is -0.650. The van der Waals surface area contributed by atoms with E-state index in [1.165, 1.54) is 6.92 Å². The van der Waals surface area contributed by atoms with Gasteiger partial charge in [-0.1, -0.05) is 34.1 Å². The van der Waals surface area contributed by atoms with E-state index in [4.69, 9.17) is 4.74 Å². The zero-order valence-corrected chi connectivity index (χ0v) is 23.3. The van der Waals surface area contributed by atoms with Crippen LogP contribution in [0.4, 0.5) is 0 Å². The fraction of sp³-hybridized carbons (Fsp3) is 0.967. The lowest BCUT2D eigenvalue weighted by Gasteiger charge is -2.63. The largest absolute Gasteiger partial charge is 0.462 e. The number of hydrogen-bond donors (Lipinski definition) is 3. The average Bonchev–Trinajstić information content (AvgIpc) is 3.12. The van der Waals surface area contributed by atoms with Crippen molar-refractivity contribution in [1.82, 2.24) is 0 Å². The highest BCUT2D eigenvalue weighted by Crippen LogP contribution is 2.68. The van der Waals surface area contributed by atoms with E-state index in [2.05, 4.69) is 27.7 Å². The van der Waals surface area contributed by atoms with Gasteiger partial charge < -0.3 is 20.1 Å². The fourth-order valence-corrected chi connectivity index (χ4v) is 9.58. The van der Waals surface area contributed by atoms with Gasteiger partial charge in [0.1, 0.15) is 6.10 Å². The summed E-state index contributed by atoms with van der Waals surface area (Å²) in [6.45, 7) is 14.5. The molecule has 12 unspecified atom stereocenters. The van der Waals surface area contributed by atoms with Gasteiger partial charge in [0.2, 0.25) is 0 Å². The van der Waals surface area contributed by atoms with Crippen LogP contribution in [0.3, 0.4) is 0 Å². The minimum absolute atomic E-state index is 0.00355. The summed E-state index contributed by atoms with van der Waals surface area (Å²) in [5.74, 6) is 2.50. The lowest BCUT2D eigenvalue weighted by atomic mass is 9.43. The standard InChI is InChI=1S/C30H52O5/c1-17(8-9-18(2)28(4,5)34)22-10-11-23-21-15-26(35-19(3)31)25-14-20(32)12-13-29(25,6)24(21)16-27(33)30(22,23)7/h17-18,20-27,32-34H,8-16H2,1-7H3. The number of rotatable bonds is 6. The molecule has 0 aliphatic heterocycles. The molecule has 4 aliphatic rings. The normalized spacial score (nSPS) is 47.3. The van der Waals surface area contributed by atoms with Crippen LogP contribution in [0.15, 0.2) is 0 Å². The van der Waals surface area contributed by atoms with Crippen molar-refractivity contribution in [1.29, 1.82) is 0 Å². The Labute approximate surface area is 213 Å². The predicted molar refractivity (Wildman–Crippen MR) is 137 cm³/mol. The monoisotopic (exact) mass is 492 g/mol. The third kappa shape index (κ3) is 4.72. The van der Waals surface area contributed by atoms with Crippen LogP contribution in [0, 0.1) is 52.3 Å². The molecule has 0 amide bonds. The summed E-state index contributed by atoms with van der Waals surface area (Å²) in [4.78, 5) is 12.1. The van der Waals surface area contributed by atoms with Gasteiger partial charge >= 0.3 is 5.97 Å². The molecular weight excluding hydrogens is 440 g/mol. The van der Waals surface area contributed by atoms with Gasteiger partial charge in [-0.05, 0) is 112 Å². The molecule has 0 aromatic heterocycles. The lowest BCUT2D eigenvalue weighted by molar-refractivity contribution is -0.211. The highest BCUT2D eigenvalue weighted by atomic mass is 16.5. The first-order valence-corrected chi connectivity index (χ1v) is 14.4. The van der Waals surface area contributed by atoms with Crippen LogP contribution in [0.1, 0.15) is 106 Å². The van der Waals surface area contributed by atoms with Crippen molar-refractivity contribution in [3.8, 4) is 0 Å². The maximum atomic E-state index is 12.1. The Bertz CT molecular complexity index is 775. The van der Waals surface area contributed by atoms with Crippen molar-refractivity contribution in [3.63, 3.8) is 0 Å². The molecule has 0 radical (unpaired) electrons. The summed E-state index contributed by atoms with van der Waals surface area (Å²) in [7, 11) is 0. The Balaban J connectivity index is 1.58. The van der Waals surface area contributed by atoms with Gasteiger partial charge in [-0.25, -0.2) is 0 Å². The zero-order chi connectivity index (χ0) is 25.9. The average molecular weight is 493 g/mol. The van der Waals surface area contributed by atoms with E-state index in [9.17, 15) is 20.1 Å². The van der Waals surface area contributed by atoms with Gasteiger partial charge in [0.05, 0.1) is 17.8 Å². The van der Waals surface area contributed by atoms with Crippen molar-refractivity contribution >= 4 is 5.97 Å². The molecule has 4 rings (SSSR count). The number of hydrogen-bond acceptors (Lipinski definition) is 5. The van der Waals surface area contributed by atoms with Crippen LogP contribution in [0.2, 0.25) is 0 Å². The van der Waals surface area contributed by atoms with E-state index in [-0.39, 0.29) is 46.9 Å². The number of carbonyl (C=O) groups is 1. The molecule has 3 N–H and O–H groups in total. The van der Waals surface area contributed by atoms with E-state index in [0.29, 0.717) is 36.0 Å². The minimum atomic E-state index is -0.660. The summed E-state index contributed by atoms with van der Waals surface area (Å²) in [5.41, 5.74) is -0.778. The van der Waals surface area contributed by atoms with Crippen molar-refractivity contribution in [2.45, 2.75) is 130 Å². The Morgan fingerprint density at radius 2 is 1.69 bits per heavy atom. The third-order valence-corrected chi connectivity index (χ3v) is 12.1. The summed E-state index contributed by atoms with van der Waals surface area (Å²) in [5, 5.41) is 32.7. The number of aliphatic hydroxyl groups excluding tert-OH is 2. The summed E-state index contributed by atoms with van der Waals surface area (Å²) in [6.07, 6.45) is 7.77. The molecule has 0 aromatic carbocycles. The van der Waals surface area contributed by atoms with Crippen LogP contribution in [0.25, 0.3) is 0 Å². The minimum Gasteiger partial charge on any atom is -0.462 e. The molecule has 0 aromatic rings. The number of fused-ring (bicyclic) bond motifs is 5. The number of esters is 1. The summed E-state index contributed by atoms with van der Waals surface area (Å²) >= 11 is 0. The Morgan fingerprint density at radius 3 is 2.31 bits per heavy atom. The van der Waals surface area contributed by atoms with Crippen LogP contribution in [-0.2, 0) is 9.53 Å². The third-order valence-electron chi connectivity index (χ3n) is 12.1. The molecule has 202 valence electrons. The van der Waals surface area contributed by atoms with E-state index in [1.807, 2.05) is 13.8 Å². The Morgan fingerprint density at radius 1 is 1.00 bits per heavy atom. The Kier molecular flexibility index (Phi) is 7.50. The van der Waals surface area contributed by atoms with Crippen molar-refractivity contribution in [2.75, 3.05) is 0 Å². The molecular formula is C30H52O5. The second-order valence-electron chi connectivity index (χ2n) is 14.2. The lowest BCUT2D eigenvalue weighted by Crippen LogP contribution is -2.62. The van der Waals surface area contributed by atoms with Gasteiger partial charge in [0, 0.05) is 12.8 Å². The van der Waals surface area contributed by atoms with Crippen LogP contribution < -0.4 is 0 Å². The zero-order valence-electron chi connectivity index (χ0n) is 23.3.